The van der Waals surface area contributed by atoms with Crippen molar-refractivity contribution in [2.45, 2.75) is 36.1 Å². The van der Waals surface area contributed by atoms with Crippen LogP contribution in [0.15, 0.2) is 82.6 Å². The van der Waals surface area contributed by atoms with Crippen molar-refractivity contribution in [1.29, 1.82) is 0 Å². The van der Waals surface area contributed by atoms with Gasteiger partial charge >= 0.3 is 4.87 Å². The van der Waals surface area contributed by atoms with Gasteiger partial charge in [0.1, 0.15) is 12.4 Å². The molecule has 6 unspecified atom stereocenters. The van der Waals surface area contributed by atoms with E-state index >= 15 is 0 Å². The number of nitrogens with one attached hydrogen (secondary N) is 1. The van der Waals surface area contributed by atoms with Gasteiger partial charge in [0, 0.05) is 26.6 Å². The predicted octanol–water partition coefficient (Wildman–Crippen LogP) is 6.66. The number of aromatic nitrogens is 1. The van der Waals surface area contributed by atoms with Gasteiger partial charge in [-0.25, -0.2) is 0 Å². The van der Waals surface area contributed by atoms with Crippen LogP contribution < -0.4 is 14.5 Å². The Morgan fingerprint density at radius 2 is 1.64 bits per heavy atom. The SMILES string of the molecule is Cc1ccc(COc2ccccc2[C@H]2c3sc(=O)[nH]c3SC3C4CC(C5C(=O)N(c6ccc(Cl)cc6)C(=O)C45)C32)cc1. The lowest BCUT2D eigenvalue weighted by molar-refractivity contribution is -0.123. The third kappa shape index (κ3) is 3.95. The largest absolute Gasteiger partial charge is 0.489 e. The molecule has 2 saturated carbocycles. The molecule has 9 heteroatoms. The van der Waals surface area contributed by atoms with Crippen LogP contribution in [-0.2, 0) is 16.2 Å². The maximum Gasteiger partial charge on any atom is 0.305 e. The minimum atomic E-state index is -0.361. The van der Waals surface area contributed by atoms with Crippen molar-refractivity contribution in [3.63, 3.8) is 0 Å². The number of hydrogen-bond acceptors (Lipinski definition) is 6. The van der Waals surface area contributed by atoms with Crippen molar-refractivity contribution >= 4 is 52.2 Å². The molecule has 212 valence electrons. The van der Waals surface area contributed by atoms with E-state index in [1.165, 1.54) is 21.8 Å². The number of rotatable bonds is 5. The smallest absolute Gasteiger partial charge is 0.305 e. The fourth-order valence-corrected chi connectivity index (χ4v) is 10.9. The highest BCUT2D eigenvalue weighted by Crippen LogP contribution is 2.69. The third-order valence-electron chi connectivity index (χ3n) is 9.58. The summed E-state index contributed by atoms with van der Waals surface area (Å²) >= 11 is 9.05. The normalized spacial score (nSPS) is 29.0. The zero-order chi connectivity index (χ0) is 28.7. The number of para-hydroxylation sites is 1. The topological polar surface area (TPSA) is 79.5 Å². The first-order valence-corrected chi connectivity index (χ1v) is 16.3. The maximum absolute atomic E-state index is 14.0. The molecule has 7 atom stereocenters. The number of hydrogen-bond donors (Lipinski definition) is 1. The zero-order valence-corrected chi connectivity index (χ0v) is 25.0. The fourth-order valence-electron chi connectivity index (χ4n) is 7.92. The molecule has 1 saturated heterocycles. The fraction of sp³-hybridized carbons (Fsp3) is 0.303. The molecule has 4 aliphatic rings. The zero-order valence-electron chi connectivity index (χ0n) is 22.7. The number of carbonyl (C=O) groups is 2. The highest BCUT2D eigenvalue weighted by molar-refractivity contribution is 8.00. The van der Waals surface area contributed by atoms with Gasteiger partial charge in [-0.3, -0.25) is 19.3 Å². The van der Waals surface area contributed by atoms with Crippen LogP contribution in [0.2, 0.25) is 5.02 Å². The number of amides is 2. The van der Waals surface area contributed by atoms with Crippen molar-refractivity contribution < 1.29 is 14.3 Å². The van der Waals surface area contributed by atoms with Crippen LogP contribution in [0.4, 0.5) is 5.69 Å². The number of ether oxygens (including phenoxy) is 1. The molecule has 2 aliphatic carbocycles. The van der Waals surface area contributed by atoms with Crippen LogP contribution in [0.1, 0.15) is 33.9 Å². The average molecular weight is 615 g/mol. The standard InChI is InChI=1S/C33H27ClN2O4S2/c1-16-6-8-17(9-7-16)15-40-23-5-3-2-4-20(23)24-25-21-14-22(28(25)41-30-29(24)42-33(39)35-30)27-26(21)31(37)36(32(27)38)19-12-10-18(34)11-13-19/h2-13,21-22,24-28H,14-15H2,1H3,(H,35,39)/t21?,22?,24-,25?,26?,27?,28?/m1/s1. The number of anilines is 1. The number of imide groups is 1. The minimum Gasteiger partial charge on any atom is -0.489 e. The third-order valence-corrected chi connectivity index (χ3v) is 12.4. The number of aromatic amines is 1. The molecule has 3 fully saturated rings. The number of thiazole rings is 1. The molecule has 2 amide bonds. The second-order valence-corrected chi connectivity index (χ2v) is 14.4. The van der Waals surface area contributed by atoms with E-state index in [1.54, 1.807) is 36.0 Å². The summed E-state index contributed by atoms with van der Waals surface area (Å²) in [5, 5.41) is 1.57. The van der Waals surface area contributed by atoms with E-state index in [-0.39, 0.29) is 57.4 Å². The number of fused-ring (bicyclic) bond motifs is 9. The van der Waals surface area contributed by atoms with Gasteiger partial charge in [0.2, 0.25) is 11.8 Å². The van der Waals surface area contributed by atoms with E-state index in [2.05, 4.69) is 42.2 Å². The molecule has 0 spiro atoms. The lowest BCUT2D eigenvalue weighted by Gasteiger charge is -2.43. The van der Waals surface area contributed by atoms with Gasteiger partial charge in [0.15, 0.2) is 0 Å². The molecule has 0 radical (unpaired) electrons. The number of carbonyl (C=O) groups excluding carboxylic acids is 2. The lowest BCUT2D eigenvalue weighted by atomic mass is 9.68. The number of nitrogens with zero attached hydrogens (tertiary/aromatic N) is 1. The average Bonchev–Trinajstić information content (AvgIpc) is 3.72. The first-order valence-electron chi connectivity index (χ1n) is 14.2. The summed E-state index contributed by atoms with van der Waals surface area (Å²) in [4.78, 5) is 45.9. The van der Waals surface area contributed by atoms with Crippen LogP contribution >= 0.6 is 34.7 Å². The van der Waals surface area contributed by atoms with Gasteiger partial charge < -0.3 is 9.72 Å². The Hall–Kier alpha value is -3.33. The Morgan fingerprint density at radius 1 is 0.929 bits per heavy atom. The Kier molecular flexibility index (Phi) is 6.18. The number of thioether (sulfide) groups is 1. The van der Waals surface area contributed by atoms with Crippen LogP contribution in [0.5, 0.6) is 5.75 Å². The first kappa shape index (κ1) is 26.3. The molecule has 3 aromatic carbocycles. The Balaban J connectivity index is 1.18. The molecular weight excluding hydrogens is 588 g/mol. The van der Waals surface area contributed by atoms with E-state index in [9.17, 15) is 14.4 Å². The minimum absolute atomic E-state index is 0.0340. The molecule has 42 heavy (non-hydrogen) atoms. The summed E-state index contributed by atoms with van der Waals surface area (Å²) in [6.45, 7) is 2.50. The van der Waals surface area contributed by atoms with Gasteiger partial charge in [-0.1, -0.05) is 71.0 Å². The van der Waals surface area contributed by atoms with Gasteiger partial charge in [0.05, 0.1) is 22.5 Å². The highest BCUT2D eigenvalue weighted by Gasteiger charge is 2.69. The molecule has 6 nitrogen and oxygen atoms in total. The van der Waals surface area contributed by atoms with Crippen molar-refractivity contribution in [2.24, 2.45) is 29.6 Å². The van der Waals surface area contributed by atoms with Crippen molar-refractivity contribution in [3.8, 4) is 5.75 Å². The molecule has 1 aromatic heterocycles. The van der Waals surface area contributed by atoms with Crippen molar-refractivity contribution in [2.75, 3.05) is 4.90 Å². The summed E-state index contributed by atoms with van der Waals surface area (Å²) in [6, 6.07) is 23.3. The summed E-state index contributed by atoms with van der Waals surface area (Å²) < 4.78 is 6.45. The molecular formula is C33H27ClN2O4S2. The van der Waals surface area contributed by atoms with Crippen LogP contribution in [0.25, 0.3) is 0 Å². The molecule has 3 heterocycles. The summed E-state index contributed by atoms with van der Waals surface area (Å²) in [5.74, 6) is -0.0421. The molecule has 4 aromatic rings. The molecule has 8 rings (SSSR count). The second-order valence-electron chi connectivity index (χ2n) is 11.8. The monoisotopic (exact) mass is 614 g/mol. The number of halogens is 1. The van der Waals surface area contributed by atoms with Crippen molar-refractivity contribution in [1.82, 2.24) is 4.98 Å². The number of aryl methyl sites for hydroxylation is 1. The second kappa shape index (κ2) is 9.86. The Labute approximate surface area is 256 Å². The lowest BCUT2D eigenvalue weighted by Crippen LogP contribution is -2.42. The van der Waals surface area contributed by atoms with Crippen LogP contribution in [-0.4, -0.2) is 22.0 Å². The Morgan fingerprint density at radius 3 is 2.40 bits per heavy atom. The van der Waals surface area contributed by atoms with Gasteiger partial charge in [-0.2, -0.15) is 0 Å². The highest BCUT2D eigenvalue weighted by atomic mass is 35.5. The van der Waals surface area contributed by atoms with Gasteiger partial charge in [0.25, 0.3) is 0 Å². The van der Waals surface area contributed by atoms with E-state index in [1.807, 2.05) is 18.2 Å². The molecule has 2 aliphatic heterocycles. The quantitative estimate of drug-likeness (QED) is 0.255. The van der Waals surface area contributed by atoms with E-state index in [0.29, 0.717) is 17.3 Å². The Bertz CT molecular complexity index is 1780. The van der Waals surface area contributed by atoms with E-state index < -0.39 is 0 Å². The molecule has 2 bridgehead atoms. The summed E-state index contributed by atoms with van der Waals surface area (Å²) in [5.41, 5.74) is 3.89. The summed E-state index contributed by atoms with van der Waals surface area (Å²) in [6.07, 6.45) is 0.839. The van der Waals surface area contributed by atoms with E-state index in [0.717, 1.165) is 33.2 Å². The van der Waals surface area contributed by atoms with Gasteiger partial charge in [-0.05, 0) is 67.0 Å². The van der Waals surface area contributed by atoms with E-state index in [4.69, 9.17) is 16.3 Å². The van der Waals surface area contributed by atoms with Crippen molar-refractivity contribution in [3.05, 3.63) is 109 Å². The first-order chi connectivity index (χ1) is 20.4. The number of H-pyrrole nitrogens is 1. The summed E-state index contributed by atoms with van der Waals surface area (Å²) in [7, 11) is 0. The predicted molar refractivity (Wildman–Crippen MR) is 164 cm³/mol. The maximum atomic E-state index is 14.0. The van der Waals surface area contributed by atoms with Crippen LogP contribution in [0, 0.1) is 36.5 Å². The molecule has 1 N–H and O–H groups in total. The number of benzene rings is 3. The van der Waals surface area contributed by atoms with Crippen LogP contribution in [0.3, 0.4) is 0 Å². The van der Waals surface area contributed by atoms with Gasteiger partial charge in [-0.15, -0.1) is 11.8 Å².